The first-order chi connectivity index (χ1) is 4.83. The van der Waals surface area contributed by atoms with E-state index in [1.54, 1.807) is 0 Å². The Morgan fingerprint density at radius 2 is 2.20 bits per heavy atom. The van der Waals surface area contributed by atoms with Crippen molar-refractivity contribution in [2.45, 2.75) is 19.8 Å². The molecule has 1 saturated carbocycles. The number of nitrogens with one attached hydrogen (secondary N) is 2. The largest absolute Gasteiger partial charge is 0.373 e. The second-order valence-electron chi connectivity index (χ2n) is 2.83. The van der Waals surface area contributed by atoms with Gasteiger partial charge in [0.05, 0.1) is 5.82 Å². The Labute approximate surface area is 62.7 Å². The molecule has 10 heavy (non-hydrogen) atoms. The predicted molar refractivity (Wildman–Crippen MR) is 43.5 cm³/mol. The average Bonchev–Trinajstić information content (AvgIpc) is 2.67. The number of rotatable bonds is 5. The fourth-order valence-corrected chi connectivity index (χ4v) is 0.865. The fraction of sp³-hybridized carbons (Fsp3) is 0.750. The summed E-state index contributed by atoms with van der Waals surface area (Å²) in [6.07, 6.45) is 2.79. The molecule has 0 heterocycles. The summed E-state index contributed by atoms with van der Waals surface area (Å²) in [5.74, 6) is 1.89. The van der Waals surface area contributed by atoms with E-state index >= 15 is 0 Å². The summed E-state index contributed by atoms with van der Waals surface area (Å²) in [6.45, 7) is 7.95. The molecular weight excluding hydrogens is 124 g/mol. The highest BCUT2D eigenvalue weighted by Crippen LogP contribution is 2.27. The van der Waals surface area contributed by atoms with Crippen LogP contribution in [0.4, 0.5) is 0 Å². The van der Waals surface area contributed by atoms with Crippen LogP contribution in [0.15, 0.2) is 12.4 Å². The Morgan fingerprint density at radius 1 is 1.50 bits per heavy atom. The summed E-state index contributed by atoms with van der Waals surface area (Å²) < 4.78 is 0. The molecule has 1 fully saturated rings. The minimum absolute atomic E-state index is 0.926. The van der Waals surface area contributed by atoms with Crippen LogP contribution in [0.25, 0.3) is 0 Å². The molecular formula is C8H16N2. The molecule has 1 aliphatic rings. The summed E-state index contributed by atoms with van der Waals surface area (Å²) in [7, 11) is 0. The van der Waals surface area contributed by atoms with Crippen molar-refractivity contribution >= 4 is 0 Å². The third-order valence-corrected chi connectivity index (χ3v) is 1.69. The van der Waals surface area contributed by atoms with Crippen molar-refractivity contribution in [3.63, 3.8) is 0 Å². The van der Waals surface area contributed by atoms with Gasteiger partial charge < -0.3 is 10.6 Å². The van der Waals surface area contributed by atoms with Gasteiger partial charge in [0.25, 0.3) is 0 Å². The minimum atomic E-state index is 0.926. The molecule has 0 atom stereocenters. The molecule has 0 radical (unpaired) electrons. The van der Waals surface area contributed by atoms with Crippen molar-refractivity contribution in [2.75, 3.05) is 13.1 Å². The third-order valence-electron chi connectivity index (χ3n) is 1.69. The van der Waals surface area contributed by atoms with E-state index in [-0.39, 0.29) is 0 Å². The van der Waals surface area contributed by atoms with Gasteiger partial charge in [-0.1, -0.05) is 6.58 Å². The Bertz CT molecular complexity index is 116. The van der Waals surface area contributed by atoms with Crippen molar-refractivity contribution in [2.24, 2.45) is 5.92 Å². The lowest BCUT2D eigenvalue weighted by molar-refractivity contribution is 0.659. The summed E-state index contributed by atoms with van der Waals surface area (Å²) in [4.78, 5) is 0. The van der Waals surface area contributed by atoms with Gasteiger partial charge >= 0.3 is 0 Å². The zero-order valence-electron chi connectivity index (χ0n) is 6.61. The molecule has 0 aromatic carbocycles. The van der Waals surface area contributed by atoms with Crippen molar-refractivity contribution in [3.8, 4) is 0 Å². The van der Waals surface area contributed by atoms with E-state index in [1.165, 1.54) is 12.8 Å². The summed E-state index contributed by atoms with van der Waals surface area (Å²) in [6, 6.07) is 0. The first kappa shape index (κ1) is 7.45. The fourth-order valence-electron chi connectivity index (χ4n) is 0.865. The standard InChI is InChI=1S/C8H16N2/c1-3-9-7(2)10-6-8-4-5-8/h8-10H,2-6H2,1H3. The van der Waals surface area contributed by atoms with Gasteiger partial charge in [0.1, 0.15) is 0 Å². The molecule has 0 amide bonds. The van der Waals surface area contributed by atoms with Crippen LogP contribution in [0.1, 0.15) is 19.8 Å². The van der Waals surface area contributed by atoms with Crippen LogP contribution >= 0.6 is 0 Å². The normalized spacial score (nSPS) is 16.5. The molecule has 0 aromatic rings. The highest BCUT2D eigenvalue weighted by Gasteiger charge is 2.20. The summed E-state index contributed by atoms with van der Waals surface area (Å²) in [5, 5.41) is 6.36. The van der Waals surface area contributed by atoms with Gasteiger partial charge in [0, 0.05) is 13.1 Å². The predicted octanol–water partition coefficient (Wildman–Crippen LogP) is 1.07. The molecule has 1 aliphatic carbocycles. The van der Waals surface area contributed by atoms with E-state index < -0.39 is 0 Å². The van der Waals surface area contributed by atoms with E-state index in [4.69, 9.17) is 0 Å². The maximum atomic E-state index is 3.82. The number of hydrogen-bond donors (Lipinski definition) is 2. The molecule has 2 N–H and O–H groups in total. The van der Waals surface area contributed by atoms with Crippen molar-refractivity contribution in [1.29, 1.82) is 0 Å². The van der Waals surface area contributed by atoms with Gasteiger partial charge in [0.15, 0.2) is 0 Å². The lowest BCUT2D eigenvalue weighted by Crippen LogP contribution is -2.26. The molecule has 0 spiro atoms. The van der Waals surface area contributed by atoms with Crippen molar-refractivity contribution in [1.82, 2.24) is 10.6 Å². The van der Waals surface area contributed by atoms with Crippen LogP contribution in [-0.2, 0) is 0 Å². The van der Waals surface area contributed by atoms with Crippen molar-refractivity contribution < 1.29 is 0 Å². The van der Waals surface area contributed by atoms with Crippen molar-refractivity contribution in [3.05, 3.63) is 12.4 Å². The Balaban J connectivity index is 1.94. The smallest absolute Gasteiger partial charge is 0.0912 e. The maximum absolute atomic E-state index is 3.82. The van der Waals surface area contributed by atoms with Gasteiger partial charge in [-0.25, -0.2) is 0 Å². The average molecular weight is 140 g/mol. The van der Waals surface area contributed by atoms with Crippen LogP contribution in [0, 0.1) is 5.92 Å². The Hall–Kier alpha value is -0.660. The zero-order valence-corrected chi connectivity index (χ0v) is 6.61. The number of hydrogen-bond acceptors (Lipinski definition) is 2. The second-order valence-corrected chi connectivity index (χ2v) is 2.83. The Morgan fingerprint density at radius 3 is 2.70 bits per heavy atom. The highest BCUT2D eigenvalue weighted by atomic mass is 15.1. The molecule has 0 aromatic heterocycles. The molecule has 58 valence electrons. The van der Waals surface area contributed by atoms with Gasteiger partial charge in [-0.05, 0) is 25.7 Å². The van der Waals surface area contributed by atoms with E-state index in [0.717, 1.165) is 24.8 Å². The molecule has 2 heteroatoms. The van der Waals surface area contributed by atoms with Crippen LogP contribution < -0.4 is 10.6 Å². The Kier molecular flexibility index (Phi) is 2.60. The topological polar surface area (TPSA) is 24.1 Å². The lowest BCUT2D eigenvalue weighted by atomic mass is 10.4. The monoisotopic (exact) mass is 140 g/mol. The maximum Gasteiger partial charge on any atom is 0.0912 e. The molecule has 1 rings (SSSR count). The molecule has 0 aliphatic heterocycles. The van der Waals surface area contributed by atoms with Gasteiger partial charge in [-0.2, -0.15) is 0 Å². The summed E-state index contributed by atoms with van der Waals surface area (Å²) in [5.41, 5.74) is 0. The van der Waals surface area contributed by atoms with Gasteiger partial charge in [-0.15, -0.1) is 0 Å². The SMILES string of the molecule is C=C(NCC)NCC1CC1. The van der Waals surface area contributed by atoms with Crippen LogP contribution in [-0.4, -0.2) is 13.1 Å². The first-order valence-electron chi connectivity index (χ1n) is 3.99. The van der Waals surface area contributed by atoms with Crippen LogP contribution in [0.3, 0.4) is 0 Å². The van der Waals surface area contributed by atoms with Gasteiger partial charge in [-0.3, -0.25) is 0 Å². The van der Waals surface area contributed by atoms with E-state index in [2.05, 4.69) is 24.1 Å². The molecule has 2 nitrogen and oxygen atoms in total. The molecule has 0 bridgehead atoms. The second kappa shape index (κ2) is 3.49. The first-order valence-corrected chi connectivity index (χ1v) is 3.99. The van der Waals surface area contributed by atoms with Crippen LogP contribution in [0.5, 0.6) is 0 Å². The van der Waals surface area contributed by atoms with E-state index in [9.17, 15) is 0 Å². The third kappa shape index (κ3) is 2.76. The lowest BCUT2D eigenvalue weighted by Gasteiger charge is -2.08. The van der Waals surface area contributed by atoms with Crippen LogP contribution in [0.2, 0.25) is 0 Å². The zero-order chi connectivity index (χ0) is 7.40. The summed E-state index contributed by atoms with van der Waals surface area (Å²) >= 11 is 0. The quantitative estimate of drug-likeness (QED) is 0.597. The molecule has 0 unspecified atom stereocenters. The highest BCUT2D eigenvalue weighted by molar-refractivity contribution is 4.89. The minimum Gasteiger partial charge on any atom is -0.373 e. The molecule has 0 saturated heterocycles. The van der Waals surface area contributed by atoms with E-state index in [1.807, 2.05) is 0 Å². The van der Waals surface area contributed by atoms with Gasteiger partial charge in [0.2, 0.25) is 0 Å². The van der Waals surface area contributed by atoms with E-state index in [0.29, 0.717) is 0 Å².